The first kappa shape index (κ1) is 26.1. The summed E-state index contributed by atoms with van der Waals surface area (Å²) in [5, 5.41) is 4.26. The van der Waals surface area contributed by atoms with E-state index in [1.165, 1.54) is 0 Å². The van der Waals surface area contributed by atoms with Gasteiger partial charge in [-0.2, -0.15) is 0 Å². The fourth-order valence-corrected chi connectivity index (χ4v) is 4.07. The summed E-state index contributed by atoms with van der Waals surface area (Å²) in [7, 11) is 3.65. The van der Waals surface area contributed by atoms with Crippen LogP contribution in [0.4, 0.5) is 5.69 Å². The van der Waals surface area contributed by atoms with Gasteiger partial charge in [-0.05, 0) is 62.2 Å². The fourth-order valence-electron chi connectivity index (χ4n) is 3.95. The van der Waals surface area contributed by atoms with Crippen molar-refractivity contribution in [3.05, 3.63) is 63.8 Å². The van der Waals surface area contributed by atoms with Crippen LogP contribution in [0.15, 0.2) is 58.3 Å². The van der Waals surface area contributed by atoms with E-state index in [0.717, 1.165) is 60.3 Å². The van der Waals surface area contributed by atoms with Gasteiger partial charge in [-0.15, -0.1) is 0 Å². The minimum absolute atomic E-state index is 0.0157. The van der Waals surface area contributed by atoms with Crippen LogP contribution < -0.4 is 5.32 Å². The number of benzene rings is 1. The van der Waals surface area contributed by atoms with Crippen molar-refractivity contribution in [3.8, 4) is 0 Å². The second kappa shape index (κ2) is 12.8. The highest BCUT2D eigenvalue weighted by atomic mass is 35.5. The molecule has 1 aromatic rings. The Balaban J connectivity index is 1.83. The van der Waals surface area contributed by atoms with Gasteiger partial charge in [-0.3, -0.25) is 4.99 Å². The van der Waals surface area contributed by atoms with E-state index >= 15 is 0 Å². The number of aliphatic imine (C=N–C) groups is 1. The number of nitrogens with zero attached hydrogens (tertiary/aromatic N) is 3. The monoisotopic (exact) mass is 488 g/mol. The van der Waals surface area contributed by atoms with Crippen molar-refractivity contribution in [3.63, 3.8) is 0 Å². The normalized spacial score (nSPS) is 26.5. The molecule has 2 aliphatic heterocycles. The van der Waals surface area contributed by atoms with Crippen molar-refractivity contribution in [1.82, 2.24) is 9.80 Å². The van der Waals surface area contributed by atoms with E-state index in [1.807, 2.05) is 51.2 Å². The topological polar surface area (TPSA) is 58.6 Å². The average molecular weight is 489 g/mol. The minimum atomic E-state index is 0.0157. The van der Waals surface area contributed by atoms with Crippen molar-refractivity contribution in [1.29, 1.82) is 0 Å². The number of hydrogen-bond donors (Lipinski definition) is 1. The van der Waals surface area contributed by atoms with Crippen molar-refractivity contribution in [2.45, 2.75) is 33.3 Å². The lowest BCUT2D eigenvalue weighted by Crippen LogP contribution is -2.34. The number of likely N-dealkylation sites (N-methyl/N-ethyl adjacent to an activating group) is 1. The highest BCUT2D eigenvalue weighted by Crippen LogP contribution is 2.24. The Morgan fingerprint density at radius 1 is 1.26 bits per heavy atom. The van der Waals surface area contributed by atoms with Gasteiger partial charge in [0, 0.05) is 49.7 Å². The van der Waals surface area contributed by atoms with E-state index in [1.54, 1.807) is 13.3 Å². The molecule has 0 aromatic heterocycles. The van der Waals surface area contributed by atoms with E-state index in [-0.39, 0.29) is 6.10 Å². The zero-order valence-corrected chi connectivity index (χ0v) is 21.7. The second-order valence-corrected chi connectivity index (χ2v) is 8.99. The summed E-state index contributed by atoms with van der Waals surface area (Å²) < 4.78 is 18.0. The average Bonchev–Trinajstić information content (AvgIpc) is 3.07. The minimum Gasteiger partial charge on any atom is -0.493 e. The third kappa shape index (κ3) is 7.26. The summed E-state index contributed by atoms with van der Waals surface area (Å²) in [5.41, 5.74) is 2.95. The Morgan fingerprint density at radius 3 is 2.82 bits per heavy atom. The molecule has 1 unspecified atom stereocenters. The first-order chi connectivity index (χ1) is 16.4. The van der Waals surface area contributed by atoms with E-state index in [0.29, 0.717) is 24.8 Å². The van der Waals surface area contributed by atoms with Gasteiger partial charge in [0.05, 0.1) is 7.11 Å². The molecule has 2 heterocycles. The van der Waals surface area contributed by atoms with Crippen molar-refractivity contribution < 1.29 is 14.2 Å². The molecule has 0 amide bonds. The maximum absolute atomic E-state index is 6.22. The maximum Gasteiger partial charge on any atom is 0.162 e. The van der Waals surface area contributed by atoms with E-state index in [2.05, 4.69) is 27.0 Å². The van der Waals surface area contributed by atoms with Gasteiger partial charge in [-0.25, -0.2) is 0 Å². The van der Waals surface area contributed by atoms with Crippen LogP contribution in [0, 0.1) is 6.92 Å². The predicted octanol–water partition coefficient (Wildman–Crippen LogP) is 4.81. The molecule has 1 atom stereocenters. The number of allylic oxidation sites excluding steroid dienone is 3. The number of ether oxygens (including phenoxy) is 3. The lowest BCUT2D eigenvalue weighted by atomic mass is 10.2. The standard InChI is InChI=1S/C26H37ClN4O3/c1-6-31-12-7-13-33-22(16-31)17-34-24-10-11-28-18-30(4)26(20(3)15-25(24)32-5)29-21-8-9-23(27)19(2)14-21/h8-11,14-15,22,29H,6-7,12-13,16-18H2,1-5H3/b24-10+,25-15+,26-20+,28-11+. The summed E-state index contributed by atoms with van der Waals surface area (Å²) in [5.74, 6) is 2.18. The van der Waals surface area contributed by atoms with Gasteiger partial charge in [-0.1, -0.05) is 18.5 Å². The van der Waals surface area contributed by atoms with Gasteiger partial charge in [0.15, 0.2) is 11.5 Å². The highest BCUT2D eigenvalue weighted by Gasteiger charge is 2.20. The highest BCUT2D eigenvalue weighted by molar-refractivity contribution is 6.31. The maximum atomic E-state index is 6.22. The molecule has 0 aliphatic carbocycles. The smallest absolute Gasteiger partial charge is 0.162 e. The second-order valence-electron chi connectivity index (χ2n) is 8.59. The van der Waals surface area contributed by atoms with Crippen LogP contribution >= 0.6 is 11.6 Å². The lowest BCUT2D eigenvalue weighted by Gasteiger charge is -2.25. The number of rotatable bonds is 7. The largest absolute Gasteiger partial charge is 0.493 e. The summed E-state index contributed by atoms with van der Waals surface area (Å²) >= 11 is 6.21. The molecule has 34 heavy (non-hydrogen) atoms. The van der Waals surface area contributed by atoms with Crippen LogP contribution in [0.2, 0.25) is 5.02 Å². The van der Waals surface area contributed by atoms with E-state index in [4.69, 9.17) is 25.8 Å². The number of halogens is 1. The number of aryl methyl sites for hydroxylation is 1. The Bertz CT molecular complexity index is 957. The molecule has 2 aliphatic rings. The summed E-state index contributed by atoms with van der Waals surface area (Å²) in [6.07, 6.45) is 6.66. The summed E-state index contributed by atoms with van der Waals surface area (Å²) in [4.78, 5) is 9.01. The Hall–Kier alpha value is -2.48. The molecule has 186 valence electrons. The van der Waals surface area contributed by atoms with Crippen LogP contribution in [0.5, 0.6) is 0 Å². The molecule has 0 bridgehead atoms. The Labute approximate surface area is 208 Å². The quantitative estimate of drug-likeness (QED) is 0.594. The van der Waals surface area contributed by atoms with Gasteiger partial charge in [0.1, 0.15) is 25.2 Å². The van der Waals surface area contributed by atoms with Crippen LogP contribution in [0.25, 0.3) is 0 Å². The molecular formula is C26H37ClN4O3. The summed E-state index contributed by atoms with van der Waals surface area (Å²) in [6, 6.07) is 5.89. The molecule has 0 saturated carbocycles. The predicted molar refractivity (Wildman–Crippen MR) is 139 cm³/mol. The number of hydrogen-bond acceptors (Lipinski definition) is 7. The van der Waals surface area contributed by atoms with Gasteiger partial charge in [0.25, 0.3) is 0 Å². The van der Waals surface area contributed by atoms with E-state index in [9.17, 15) is 0 Å². The van der Waals surface area contributed by atoms with Crippen molar-refractivity contribution in [2.24, 2.45) is 4.99 Å². The van der Waals surface area contributed by atoms with Crippen LogP contribution in [-0.4, -0.2) is 75.8 Å². The van der Waals surface area contributed by atoms with Crippen molar-refractivity contribution >= 4 is 23.5 Å². The Kier molecular flexibility index (Phi) is 9.86. The molecule has 8 heteroatoms. The number of nitrogens with one attached hydrogen (secondary N) is 1. The first-order valence-electron chi connectivity index (χ1n) is 11.8. The van der Waals surface area contributed by atoms with Crippen LogP contribution in [0.1, 0.15) is 25.8 Å². The van der Waals surface area contributed by atoms with Gasteiger partial charge < -0.3 is 29.3 Å². The van der Waals surface area contributed by atoms with Gasteiger partial charge in [0.2, 0.25) is 0 Å². The fraction of sp³-hybridized carbons (Fsp3) is 0.500. The number of anilines is 1. The summed E-state index contributed by atoms with van der Waals surface area (Å²) in [6.45, 7) is 10.8. The molecule has 1 N–H and O–H groups in total. The SMILES string of the molecule is CCN1CCCOC(COC2=C/C=N/CN(C)/C(Nc3ccc(Cl)c(C)c3)=C(C)/C=C\2OC)C1. The molecule has 0 spiro atoms. The van der Waals surface area contributed by atoms with Crippen LogP contribution in [-0.2, 0) is 14.2 Å². The number of methoxy groups -OCH3 is 1. The molecule has 1 aromatic carbocycles. The molecular weight excluding hydrogens is 452 g/mol. The Morgan fingerprint density at radius 2 is 2.09 bits per heavy atom. The first-order valence-corrected chi connectivity index (χ1v) is 12.2. The zero-order valence-electron chi connectivity index (χ0n) is 20.9. The zero-order chi connectivity index (χ0) is 24.5. The van der Waals surface area contributed by atoms with Gasteiger partial charge >= 0.3 is 0 Å². The lowest BCUT2D eigenvalue weighted by molar-refractivity contribution is 0.00129. The molecule has 0 radical (unpaired) electrons. The third-order valence-electron chi connectivity index (χ3n) is 5.92. The molecule has 1 saturated heterocycles. The third-order valence-corrected chi connectivity index (χ3v) is 6.34. The molecule has 7 nitrogen and oxygen atoms in total. The van der Waals surface area contributed by atoms with E-state index < -0.39 is 0 Å². The molecule has 3 rings (SSSR count). The molecule has 1 fully saturated rings. The van der Waals surface area contributed by atoms with Crippen molar-refractivity contribution in [2.75, 3.05) is 59.0 Å². The van der Waals surface area contributed by atoms with Crippen LogP contribution in [0.3, 0.4) is 0 Å².